The fourth-order valence-corrected chi connectivity index (χ4v) is 1.61. The van der Waals surface area contributed by atoms with Crippen molar-refractivity contribution in [3.05, 3.63) is 35.4 Å². The van der Waals surface area contributed by atoms with Crippen LogP contribution in [0.1, 0.15) is 49.4 Å². The van der Waals surface area contributed by atoms with Gasteiger partial charge in [-0.05, 0) is 18.6 Å². The number of carbonyl (C=O) groups excluding carboxylic acids is 1. The zero-order chi connectivity index (χ0) is 13.4. The molecule has 0 aromatic heterocycles. The summed E-state index contributed by atoms with van der Waals surface area (Å²) in [5, 5.41) is 0. The first-order chi connectivity index (χ1) is 8.66. The molecule has 0 bridgehead atoms. The Labute approximate surface area is 106 Å². The summed E-state index contributed by atoms with van der Waals surface area (Å²) in [6, 6.07) is 3.48. The van der Waals surface area contributed by atoms with Crippen LogP contribution in [-0.2, 0) is 4.74 Å². The zero-order valence-electron chi connectivity index (χ0n) is 10.5. The van der Waals surface area contributed by atoms with E-state index in [4.69, 9.17) is 4.74 Å². The molecule has 100 valence electrons. The van der Waals surface area contributed by atoms with E-state index in [0.717, 1.165) is 38.2 Å². The first-order valence-electron chi connectivity index (χ1n) is 6.28. The molecule has 4 heteroatoms. The molecule has 1 rings (SSSR count). The van der Waals surface area contributed by atoms with E-state index in [1.807, 2.05) is 0 Å². The van der Waals surface area contributed by atoms with Crippen molar-refractivity contribution in [3.63, 3.8) is 0 Å². The molecule has 0 saturated heterocycles. The Morgan fingerprint density at radius 2 is 1.89 bits per heavy atom. The second-order valence-electron chi connectivity index (χ2n) is 4.15. The molecular weight excluding hydrogens is 238 g/mol. The number of hydrogen-bond acceptors (Lipinski definition) is 2. The summed E-state index contributed by atoms with van der Waals surface area (Å²) in [6.07, 6.45) is 5.14. The minimum Gasteiger partial charge on any atom is -0.462 e. The van der Waals surface area contributed by atoms with Crippen molar-refractivity contribution in [2.24, 2.45) is 0 Å². The molecule has 0 spiro atoms. The van der Waals surface area contributed by atoms with Crippen LogP contribution in [0.4, 0.5) is 8.78 Å². The van der Waals surface area contributed by atoms with E-state index in [1.54, 1.807) is 0 Å². The van der Waals surface area contributed by atoms with E-state index in [2.05, 4.69) is 6.92 Å². The summed E-state index contributed by atoms with van der Waals surface area (Å²) in [7, 11) is 0. The molecule has 0 aliphatic carbocycles. The largest absolute Gasteiger partial charge is 0.462 e. The molecule has 0 N–H and O–H groups in total. The van der Waals surface area contributed by atoms with E-state index in [9.17, 15) is 13.6 Å². The van der Waals surface area contributed by atoms with Crippen molar-refractivity contribution >= 4 is 5.97 Å². The van der Waals surface area contributed by atoms with Crippen molar-refractivity contribution in [1.29, 1.82) is 0 Å². The lowest BCUT2D eigenvalue weighted by molar-refractivity contribution is 0.0491. The molecule has 0 radical (unpaired) electrons. The number of hydrogen-bond donors (Lipinski definition) is 0. The standard InChI is InChI=1S/C14H18F2O2/c1-2-3-4-5-6-10-18-14(17)11-8-7-9-12(15)13(11)16/h7-9H,2-6,10H2,1H3. The fourth-order valence-electron chi connectivity index (χ4n) is 1.61. The molecule has 0 amide bonds. The number of carbonyl (C=O) groups is 1. The Hall–Kier alpha value is -1.45. The molecule has 1 aromatic rings. The van der Waals surface area contributed by atoms with Gasteiger partial charge < -0.3 is 4.74 Å². The highest BCUT2D eigenvalue weighted by atomic mass is 19.2. The summed E-state index contributed by atoms with van der Waals surface area (Å²) in [5.41, 5.74) is -0.344. The topological polar surface area (TPSA) is 26.3 Å². The molecule has 0 heterocycles. The van der Waals surface area contributed by atoms with E-state index in [-0.39, 0.29) is 12.2 Å². The van der Waals surface area contributed by atoms with Gasteiger partial charge in [0, 0.05) is 0 Å². The molecule has 0 saturated carbocycles. The Morgan fingerprint density at radius 3 is 2.61 bits per heavy atom. The van der Waals surface area contributed by atoms with Crippen molar-refractivity contribution in [2.45, 2.75) is 39.0 Å². The van der Waals surface area contributed by atoms with Crippen LogP contribution in [0.25, 0.3) is 0 Å². The molecular formula is C14H18F2O2. The predicted molar refractivity (Wildman–Crippen MR) is 65.4 cm³/mol. The lowest BCUT2D eigenvalue weighted by Gasteiger charge is -2.05. The van der Waals surface area contributed by atoms with Crippen LogP contribution < -0.4 is 0 Å². The molecule has 0 atom stereocenters. The molecule has 0 aliphatic rings. The van der Waals surface area contributed by atoms with Crippen molar-refractivity contribution < 1.29 is 18.3 Å². The third kappa shape index (κ3) is 4.43. The fraction of sp³-hybridized carbons (Fsp3) is 0.500. The third-order valence-corrected chi connectivity index (χ3v) is 2.65. The normalized spacial score (nSPS) is 10.4. The summed E-state index contributed by atoms with van der Waals surface area (Å²) < 4.78 is 31.0. The first-order valence-corrected chi connectivity index (χ1v) is 6.28. The number of halogens is 2. The van der Waals surface area contributed by atoms with Gasteiger partial charge >= 0.3 is 5.97 Å². The zero-order valence-corrected chi connectivity index (χ0v) is 10.5. The average Bonchev–Trinajstić information content (AvgIpc) is 2.36. The molecule has 2 nitrogen and oxygen atoms in total. The van der Waals surface area contributed by atoms with Crippen LogP contribution >= 0.6 is 0 Å². The van der Waals surface area contributed by atoms with Gasteiger partial charge in [0.2, 0.25) is 0 Å². The van der Waals surface area contributed by atoms with Crippen molar-refractivity contribution in [3.8, 4) is 0 Å². The highest BCUT2D eigenvalue weighted by Crippen LogP contribution is 2.13. The van der Waals surface area contributed by atoms with Crippen LogP contribution in [-0.4, -0.2) is 12.6 Å². The van der Waals surface area contributed by atoms with Gasteiger partial charge in [-0.3, -0.25) is 0 Å². The molecule has 0 fully saturated rings. The van der Waals surface area contributed by atoms with E-state index in [0.29, 0.717) is 0 Å². The van der Waals surface area contributed by atoms with Gasteiger partial charge in [-0.1, -0.05) is 38.7 Å². The second-order valence-corrected chi connectivity index (χ2v) is 4.15. The highest BCUT2D eigenvalue weighted by Gasteiger charge is 2.15. The Bertz CT molecular complexity index is 391. The van der Waals surface area contributed by atoms with E-state index >= 15 is 0 Å². The molecule has 1 aromatic carbocycles. The second kappa shape index (κ2) is 7.80. The minimum atomic E-state index is -1.14. The molecule has 0 unspecified atom stereocenters. The van der Waals surface area contributed by atoms with Gasteiger partial charge in [0.25, 0.3) is 0 Å². The van der Waals surface area contributed by atoms with Gasteiger partial charge in [0.15, 0.2) is 11.6 Å². The van der Waals surface area contributed by atoms with Crippen molar-refractivity contribution in [2.75, 3.05) is 6.61 Å². The van der Waals surface area contributed by atoms with Crippen LogP contribution in [0.2, 0.25) is 0 Å². The molecule has 0 aliphatic heterocycles. The SMILES string of the molecule is CCCCCCCOC(=O)c1cccc(F)c1F. The summed E-state index contributed by atoms with van der Waals surface area (Å²) in [5.74, 6) is -2.98. The summed E-state index contributed by atoms with van der Waals surface area (Å²) in [4.78, 5) is 11.5. The maximum absolute atomic E-state index is 13.3. The lowest BCUT2D eigenvalue weighted by Crippen LogP contribution is -2.09. The lowest BCUT2D eigenvalue weighted by atomic mass is 10.2. The minimum absolute atomic E-state index is 0.249. The van der Waals surface area contributed by atoms with Gasteiger partial charge in [-0.15, -0.1) is 0 Å². The van der Waals surface area contributed by atoms with E-state index < -0.39 is 17.6 Å². The number of rotatable bonds is 7. The predicted octanol–water partition coefficient (Wildman–Crippen LogP) is 4.09. The Balaban J connectivity index is 2.35. The first kappa shape index (κ1) is 14.6. The van der Waals surface area contributed by atoms with E-state index in [1.165, 1.54) is 12.1 Å². The van der Waals surface area contributed by atoms with Gasteiger partial charge in [0.1, 0.15) is 0 Å². The highest BCUT2D eigenvalue weighted by molar-refractivity contribution is 5.89. The monoisotopic (exact) mass is 256 g/mol. The van der Waals surface area contributed by atoms with Crippen LogP contribution in [0, 0.1) is 11.6 Å². The van der Waals surface area contributed by atoms with Crippen LogP contribution in [0.5, 0.6) is 0 Å². The smallest absolute Gasteiger partial charge is 0.341 e. The van der Waals surface area contributed by atoms with Crippen LogP contribution in [0.15, 0.2) is 18.2 Å². The average molecular weight is 256 g/mol. The van der Waals surface area contributed by atoms with Gasteiger partial charge in [-0.2, -0.15) is 0 Å². The van der Waals surface area contributed by atoms with Crippen molar-refractivity contribution in [1.82, 2.24) is 0 Å². The maximum Gasteiger partial charge on any atom is 0.341 e. The number of unbranched alkanes of at least 4 members (excludes halogenated alkanes) is 4. The number of ether oxygens (including phenoxy) is 1. The van der Waals surface area contributed by atoms with Gasteiger partial charge in [0.05, 0.1) is 12.2 Å². The molecule has 18 heavy (non-hydrogen) atoms. The van der Waals surface area contributed by atoms with Crippen LogP contribution in [0.3, 0.4) is 0 Å². The van der Waals surface area contributed by atoms with Gasteiger partial charge in [-0.25, -0.2) is 13.6 Å². The number of esters is 1. The summed E-state index contributed by atoms with van der Waals surface area (Å²) >= 11 is 0. The third-order valence-electron chi connectivity index (χ3n) is 2.65. The Kier molecular flexibility index (Phi) is 6.33. The quantitative estimate of drug-likeness (QED) is 0.542. The Morgan fingerprint density at radius 1 is 1.17 bits per heavy atom. The summed E-state index contributed by atoms with van der Waals surface area (Å²) in [6.45, 7) is 2.37. The number of benzene rings is 1. The maximum atomic E-state index is 13.3.